The minimum atomic E-state index is -4.33. The first-order valence-corrected chi connectivity index (χ1v) is 10.1. The summed E-state index contributed by atoms with van der Waals surface area (Å²) in [7, 11) is 3.36. The highest BCUT2D eigenvalue weighted by molar-refractivity contribution is 7.09. The number of hydrogen-bond acceptors (Lipinski definition) is 4. The molecule has 2 aromatic rings. The maximum Gasteiger partial charge on any atom is 0.411 e. The number of nitrogens with one attached hydrogen (secondary N) is 2. The van der Waals surface area contributed by atoms with Crippen LogP contribution in [0.1, 0.15) is 16.0 Å². The van der Waals surface area contributed by atoms with Crippen LogP contribution in [0.4, 0.5) is 13.2 Å². The molecule has 0 radical (unpaired) electrons. The van der Waals surface area contributed by atoms with E-state index in [1.54, 1.807) is 49.7 Å². The normalized spacial score (nSPS) is 12.0. The van der Waals surface area contributed by atoms with E-state index in [1.807, 2.05) is 17.5 Å². The van der Waals surface area contributed by atoms with Crippen molar-refractivity contribution in [3.05, 3.63) is 57.8 Å². The van der Waals surface area contributed by atoms with Crippen LogP contribution in [-0.2, 0) is 29.2 Å². The minimum absolute atomic E-state index is 0.0798. The predicted molar refractivity (Wildman–Crippen MR) is 111 cm³/mol. The summed E-state index contributed by atoms with van der Waals surface area (Å²) in [5.41, 5.74) is 1.53. The summed E-state index contributed by atoms with van der Waals surface area (Å²) in [4.78, 5) is 19.0. The average Bonchev–Trinajstić information content (AvgIpc) is 3.20. The summed E-state index contributed by atoms with van der Waals surface area (Å²) in [5.74, 6) is 0.417. The number of guanidine groups is 1. The van der Waals surface area contributed by atoms with Crippen molar-refractivity contribution in [3.8, 4) is 0 Å². The van der Waals surface area contributed by atoms with Gasteiger partial charge in [-0.05, 0) is 22.6 Å². The van der Waals surface area contributed by atoms with Crippen LogP contribution in [0.2, 0.25) is 0 Å². The Morgan fingerprint density at radius 1 is 1.13 bits per heavy atom. The van der Waals surface area contributed by atoms with Crippen LogP contribution in [-0.4, -0.2) is 50.2 Å². The third kappa shape index (κ3) is 9.27. The van der Waals surface area contributed by atoms with E-state index in [9.17, 15) is 18.0 Å². The van der Waals surface area contributed by atoms with Crippen molar-refractivity contribution in [2.45, 2.75) is 25.9 Å². The predicted octanol–water partition coefficient (Wildman–Crippen LogP) is 3.15. The van der Waals surface area contributed by atoms with Crippen molar-refractivity contribution in [3.63, 3.8) is 0 Å². The van der Waals surface area contributed by atoms with E-state index in [0.717, 1.165) is 10.4 Å². The molecule has 0 fully saturated rings. The van der Waals surface area contributed by atoms with Gasteiger partial charge in [-0.15, -0.1) is 11.3 Å². The third-order valence-corrected chi connectivity index (χ3v) is 4.77. The lowest BCUT2D eigenvalue weighted by Gasteiger charge is -2.14. The lowest BCUT2D eigenvalue weighted by molar-refractivity contribution is -0.176. The average molecular weight is 443 g/mol. The van der Waals surface area contributed by atoms with Crippen LogP contribution in [0.5, 0.6) is 0 Å². The van der Waals surface area contributed by atoms with Gasteiger partial charge in [0.05, 0.1) is 26.2 Å². The maximum absolute atomic E-state index is 12.1. The molecule has 1 aromatic carbocycles. The fourth-order valence-corrected chi connectivity index (χ4v) is 2.92. The molecule has 164 valence electrons. The van der Waals surface area contributed by atoms with Crippen LogP contribution in [0, 0.1) is 0 Å². The topological polar surface area (TPSA) is 66.0 Å². The minimum Gasteiger partial charge on any atom is -0.367 e. The van der Waals surface area contributed by atoms with Gasteiger partial charge in [-0.1, -0.05) is 30.3 Å². The van der Waals surface area contributed by atoms with Gasteiger partial charge in [0.25, 0.3) is 0 Å². The van der Waals surface area contributed by atoms with Gasteiger partial charge in [0.15, 0.2) is 5.96 Å². The molecular formula is C20H25F3N4O2S. The van der Waals surface area contributed by atoms with Crippen molar-refractivity contribution >= 4 is 23.2 Å². The van der Waals surface area contributed by atoms with Crippen LogP contribution >= 0.6 is 11.3 Å². The Hall–Kier alpha value is -2.59. The fourth-order valence-electron chi connectivity index (χ4n) is 2.27. The first-order chi connectivity index (χ1) is 14.2. The number of carbonyl (C=O) groups excluding carboxylic acids is 1. The summed E-state index contributed by atoms with van der Waals surface area (Å²) in [6, 6.07) is 11.0. The molecule has 0 saturated carbocycles. The van der Waals surface area contributed by atoms with Gasteiger partial charge in [0.2, 0.25) is 5.91 Å². The molecule has 1 amide bonds. The highest BCUT2D eigenvalue weighted by Gasteiger charge is 2.27. The van der Waals surface area contributed by atoms with Crippen molar-refractivity contribution in [1.82, 2.24) is 15.5 Å². The smallest absolute Gasteiger partial charge is 0.367 e. The molecule has 10 heteroatoms. The zero-order valence-corrected chi connectivity index (χ0v) is 17.6. The molecule has 0 aliphatic heterocycles. The number of benzene rings is 1. The number of alkyl halides is 3. The molecule has 0 atom stereocenters. The Balaban J connectivity index is 1.92. The molecule has 0 spiro atoms. The zero-order valence-electron chi connectivity index (χ0n) is 16.8. The molecule has 0 aliphatic carbocycles. The third-order valence-electron chi connectivity index (χ3n) is 3.89. The Morgan fingerprint density at radius 3 is 2.43 bits per heavy atom. The number of likely N-dealkylation sites (N-methyl/N-ethyl adjacent to an activating group) is 1. The van der Waals surface area contributed by atoms with E-state index in [0.29, 0.717) is 24.6 Å². The van der Waals surface area contributed by atoms with Crippen molar-refractivity contribution < 1.29 is 22.7 Å². The Kier molecular flexibility index (Phi) is 9.13. The van der Waals surface area contributed by atoms with Gasteiger partial charge < -0.3 is 20.3 Å². The molecule has 0 saturated heterocycles. The summed E-state index contributed by atoms with van der Waals surface area (Å²) < 4.78 is 41.1. The van der Waals surface area contributed by atoms with Gasteiger partial charge in [-0.3, -0.25) is 4.79 Å². The molecule has 2 N–H and O–H groups in total. The Morgan fingerprint density at radius 2 is 1.83 bits per heavy atom. The second-order valence-corrected chi connectivity index (χ2v) is 7.70. The van der Waals surface area contributed by atoms with E-state index >= 15 is 0 Å². The molecular weight excluding hydrogens is 417 g/mol. The van der Waals surface area contributed by atoms with Crippen LogP contribution < -0.4 is 10.6 Å². The largest absolute Gasteiger partial charge is 0.411 e. The number of aliphatic imine (C=N–C) groups is 1. The summed E-state index contributed by atoms with van der Waals surface area (Å²) >= 11 is 1.62. The number of rotatable bonds is 9. The second kappa shape index (κ2) is 11.6. The van der Waals surface area contributed by atoms with E-state index in [1.165, 1.54) is 4.90 Å². The van der Waals surface area contributed by atoms with Gasteiger partial charge in [0, 0.05) is 19.0 Å². The highest BCUT2D eigenvalue weighted by Crippen LogP contribution is 2.16. The quantitative estimate of drug-likeness (QED) is 0.463. The number of halogens is 3. The first-order valence-electron chi connectivity index (χ1n) is 9.20. The molecule has 1 aromatic heterocycles. The fraction of sp³-hybridized carbons (Fsp3) is 0.400. The Bertz CT molecular complexity index is 806. The second-order valence-electron chi connectivity index (χ2n) is 6.66. The van der Waals surface area contributed by atoms with Crippen molar-refractivity contribution in [2.75, 3.05) is 27.2 Å². The van der Waals surface area contributed by atoms with E-state index in [-0.39, 0.29) is 19.1 Å². The molecule has 6 nitrogen and oxygen atoms in total. The van der Waals surface area contributed by atoms with Crippen molar-refractivity contribution in [2.24, 2.45) is 4.99 Å². The first kappa shape index (κ1) is 23.7. The number of thiophene rings is 1. The zero-order chi connectivity index (χ0) is 22.0. The standard InChI is InChI=1S/C20H25F3N4O2S/c1-27(2)18(28)12-26-19(25-11-17-4-3-9-30-17)24-10-15-5-7-16(8-6-15)13-29-14-20(21,22)23/h3-9H,10-14H2,1-2H3,(H2,24,25,26). The lowest BCUT2D eigenvalue weighted by atomic mass is 10.1. The summed E-state index contributed by atoms with van der Waals surface area (Å²) in [5, 5.41) is 8.19. The van der Waals surface area contributed by atoms with Crippen LogP contribution in [0.25, 0.3) is 0 Å². The summed E-state index contributed by atoms with van der Waals surface area (Å²) in [6.45, 7) is -0.339. The molecule has 0 unspecified atom stereocenters. The number of hydrogen-bond donors (Lipinski definition) is 2. The molecule has 0 aliphatic rings. The Labute approximate surface area is 177 Å². The van der Waals surface area contributed by atoms with Crippen LogP contribution in [0.15, 0.2) is 46.8 Å². The SMILES string of the molecule is CN(C)C(=O)CNC(=NCc1ccc(COCC(F)(F)F)cc1)NCc1cccs1. The van der Waals surface area contributed by atoms with Gasteiger partial charge in [-0.25, -0.2) is 4.99 Å². The number of carbonyl (C=O) groups is 1. The monoisotopic (exact) mass is 442 g/mol. The van der Waals surface area contributed by atoms with Gasteiger partial charge in [-0.2, -0.15) is 13.2 Å². The molecule has 0 bridgehead atoms. The summed E-state index contributed by atoms with van der Waals surface area (Å²) in [6.07, 6.45) is -4.33. The number of amides is 1. The van der Waals surface area contributed by atoms with Gasteiger partial charge >= 0.3 is 6.18 Å². The van der Waals surface area contributed by atoms with Crippen molar-refractivity contribution in [1.29, 1.82) is 0 Å². The molecule has 2 rings (SSSR count). The molecule has 30 heavy (non-hydrogen) atoms. The lowest BCUT2D eigenvalue weighted by Crippen LogP contribution is -2.42. The van der Waals surface area contributed by atoms with Crippen LogP contribution in [0.3, 0.4) is 0 Å². The van der Waals surface area contributed by atoms with E-state index in [4.69, 9.17) is 0 Å². The van der Waals surface area contributed by atoms with E-state index < -0.39 is 12.8 Å². The maximum atomic E-state index is 12.1. The highest BCUT2D eigenvalue weighted by atomic mass is 32.1. The number of ether oxygens (including phenoxy) is 1. The van der Waals surface area contributed by atoms with Gasteiger partial charge in [0.1, 0.15) is 6.61 Å². The molecule has 1 heterocycles. The van der Waals surface area contributed by atoms with E-state index in [2.05, 4.69) is 20.4 Å². The number of nitrogens with zero attached hydrogens (tertiary/aromatic N) is 2.